The third kappa shape index (κ3) is 2.26. The molecular formula is C17H19NO5S. The van der Waals surface area contributed by atoms with Crippen LogP contribution in [0.15, 0.2) is 30.3 Å². The molecule has 2 fully saturated rings. The lowest BCUT2D eigenvalue weighted by Crippen LogP contribution is -2.79. The standard InChI is InChI=1S/C17H19NO5S/c1-10(19)15(23-11-7-5-4-6-8-11)18-12(20)9-13(18)24-17(2,3)14(18)16(21)22/h4-8,13-15H,9H2,1-3H3/t13-,14+,15?,18?/m1/s1. The Kier molecular flexibility index (Phi) is 3.96. The molecule has 2 unspecified atom stereocenters. The van der Waals surface area contributed by atoms with E-state index in [1.165, 1.54) is 18.7 Å². The van der Waals surface area contributed by atoms with Gasteiger partial charge >= 0.3 is 12.1 Å². The van der Waals surface area contributed by atoms with Gasteiger partial charge in [0.25, 0.3) is 0 Å². The molecule has 1 amide bonds. The molecule has 1 aromatic carbocycles. The molecule has 24 heavy (non-hydrogen) atoms. The maximum atomic E-state index is 12.6. The molecule has 0 spiro atoms. The summed E-state index contributed by atoms with van der Waals surface area (Å²) in [7, 11) is 0. The van der Waals surface area contributed by atoms with Crippen molar-refractivity contribution in [3.63, 3.8) is 0 Å². The molecular weight excluding hydrogens is 330 g/mol. The number of quaternary nitrogens is 1. The largest absolute Gasteiger partial charge is 0.544 e. The number of carbonyl (C=O) groups excluding carboxylic acids is 3. The summed E-state index contributed by atoms with van der Waals surface area (Å²) in [5.41, 5.74) is 0. The van der Waals surface area contributed by atoms with Gasteiger partial charge in [0.15, 0.2) is 11.4 Å². The Hall–Kier alpha value is -1.86. The molecule has 2 aliphatic heterocycles. The van der Waals surface area contributed by atoms with Crippen molar-refractivity contribution in [3.05, 3.63) is 30.3 Å². The number of aliphatic carboxylic acids is 1. The maximum Gasteiger partial charge on any atom is 0.325 e. The number of fused-ring (bicyclic) bond motifs is 1. The molecule has 0 radical (unpaired) electrons. The number of Topliss-reactive ketones (excluding diaryl/α,β-unsaturated/α-hetero) is 1. The van der Waals surface area contributed by atoms with Crippen LogP contribution in [0.3, 0.4) is 0 Å². The van der Waals surface area contributed by atoms with Crippen molar-refractivity contribution in [2.75, 3.05) is 0 Å². The second kappa shape index (κ2) is 5.60. The Morgan fingerprint density at radius 2 is 1.96 bits per heavy atom. The predicted molar refractivity (Wildman–Crippen MR) is 85.7 cm³/mol. The van der Waals surface area contributed by atoms with E-state index < -0.39 is 27.5 Å². The quantitative estimate of drug-likeness (QED) is 0.575. The number of thioether (sulfide) groups is 1. The molecule has 0 aromatic heterocycles. The number of ether oxygens (including phenoxy) is 1. The van der Waals surface area contributed by atoms with Crippen LogP contribution in [0.2, 0.25) is 0 Å². The molecule has 2 heterocycles. The number of carboxylic acid groups (broad SMARTS) is 1. The highest BCUT2D eigenvalue weighted by Gasteiger charge is 2.75. The highest BCUT2D eigenvalue weighted by Crippen LogP contribution is 2.58. The van der Waals surface area contributed by atoms with E-state index in [0.29, 0.717) is 5.75 Å². The van der Waals surface area contributed by atoms with Gasteiger partial charge in [-0.05, 0) is 26.0 Å². The first-order chi connectivity index (χ1) is 11.2. The zero-order valence-corrected chi connectivity index (χ0v) is 14.5. The Balaban J connectivity index is 2.08. The van der Waals surface area contributed by atoms with E-state index in [0.717, 1.165) is 0 Å². The van der Waals surface area contributed by atoms with Gasteiger partial charge < -0.3 is 14.6 Å². The fraction of sp³-hybridized carbons (Fsp3) is 0.471. The number of nitrogens with zero attached hydrogens (tertiary/aromatic N) is 1. The Morgan fingerprint density at radius 3 is 2.46 bits per heavy atom. The molecule has 1 aromatic rings. The van der Waals surface area contributed by atoms with Crippen LogP contribution >= 0.6 is 11.8 Å². The average Bonchev–Trinajstić information content (AvgIpc) is 2.69. The first-order valence-corrected chi connectivity index (χ1v) is 8.61. The second-order valence-corrected chi connectivity index (χ2v) is 8.56. The number of carbonyl (C=O) groups is 3. The number of β-lactam (4-membered cyclic amide) rings is 1. The summed E-state index contributed by atoms with van der Waals surface area (Å²) < 4.78 is 4.58. The van der Waals surface area contributed by atoms with Crippen molar-refractivity contribution in [2.24, 2.45) is 0 Å². The predicted octanol–water partition coefficient (Wildman–Crippen LogP) is 0.698. The third-order valence-electron chi connectivity index (χ3n) is 4.73. The smallest absolute Gasteiger partial charge is 0.325 e. The summed E-state index contributed by atoms with van der Waals surface area (Å²) in [6.07, 6.45) is -0.949. The number of hydrogen-bond acceptors (Lipinski definition) is 6. The summed E-state index contributed by atoms with van der Waals surface area (Å²) in [4.78, 5) is 36.8. The monoisotopic (exact) mass is 349 g/mol. The van der Waals surface area contributed by atoms with Crippen LogP contribution < -0.4 is 9.84 Å². The zero-order valence-electron chi connectivity index (χ0n) is 13.7. The fourth-order valence-corrected chi connectivity index (χ4v) is 5.70. The van der Waals surface area contributed by atoms with E-state index in [-0.39, 0.29) is 23.5 Å². The number of benzene rings is 1. The molecule has 6 nitrogen and oxygen atoms in total. The van der Waals surface area contributed by atoms with Crippen LogP contribution in [0.1, 0.15) is 27.2 Å². The third-order valence-corrected chi connectivity index (χ3v) is 6.35. The molecule has 0 aliphatic carbocycles. The van der Waals surface area contributed by atoms with E-state index >= 15 is 0 Å². The first-order valence-electron chi connectivity index (χ1n) is 7.73. The van der Waals surface area contributed by atoms with Crippen molar-refractivity contribution in [1.82, 2.24) is 0 Å². The minimum atomic E-state index is -1.33. The molecule has 2 aliphatic rings. The van der Waals surface area contributed by atoms with Crippen LogP contribution in [-0.2, 0) is 14.4 Å². The van der Waals surface area contributed by atoms with Gasteiger partial charge in [0.05, 0.1) is 4.75 Å². The van der Waals surface area contributed by atoms with E-state index in [4.69, 9.17) is 4.74 Å². The van der Waals surface area contributed by atoms with Gasteiger partial charge in [-0.3, -0.25) is 4.79 Å². The number of rotatable bonds is 5. The molecule has 0 saturated carbocycles. The van der Waals surface area contributed by atoms with Crippen molar-refractivity contribution in [3.8, 4) is 5.75 Å². The maximum absolute atomic E-state index is 12.6. The molecule has 7 heteroatoms. The summed E-state index contributed by atoms with van der Waals surface area (Å²) >= 11 is 1.41. The topological polar surface area (TPSA) is 83.5 Å². The SMILES string of the molecule is CC(=O)C(Oc1ccccc1)[N+]12C(=O)C[C@H]1SC(C)(C)[C@@H]2C(=O)[O-]. The number of hydrogen-bond donors (Lipinski definition) is 0. The summed E-state index contributed by atoms with van der Waals surface area (Å²) in [5.74, 6) is -1.56. The van der Waals surface area contributed by atoms with Crippen molar-refractivity contribution in [1.29, 1.82) is 0 Å². The number of para-hydroxylation sites is 1. The minimum Gasteiger partial charge on any atom is -0.544 e. The van der Waals surface area contributed by atoms with Gasteiger partial charge in [0, 0.05) is 6.92 Å². The fourth-order valence-electron chi connectivity index (χ4n) is 3.85. The highest BCUT2D eigenvalue weighted by molar-refractivity contribution is 8.01. The lowest BCUT2D eigenvalue weighted by molar-refractivity contribution is -0.934. The molecule has 128 valence electrons. The normalized spacial score (nSPS) is 31.7. The molecule has 4 atom stereocenters. The first kappa shape index (κ1) is 17.0. The van der Waals surface area contributed by atoms with Gasteiger partial charge in [-0.1, -0.05) is 30.0 Å². The summed E-state index contributed by atoms with van der Waals surface area (Å²) in [6, 6.07) is 7.53. The number of ketones is 1. The van der Waals surface area contributed by atoms with Crippen molar-refractivity contribution >= 4 is 29.4 Å². The van der Waals surface area contributed by atoms with Crippen LogP contribution in [-0.4, -0.2) is 44.5 Å². The molecule has 2 saturated heterocycles. The lowest BCUT2D eigenvalue weighted by atomic mass is 9.92. The van der Waals surface area contributed by atoms with Gasteiger partial charge in [0.2, 0.25) is 5.78 Å². The van der Waals surface area contributed by atoms with E-state index in [9.17, 15) is 19.5 Å². The van der Waals surface area contributed by atoms with Crippen molar-refractivity contribution in [2.45, 2.75) is 49.6 Å². The van der Waals surface area contributed by atoms with E-state index in [1.807, 2.05) is 0 Å². The Morgan fingerprint density at radius 1 is 1.33 bits per heavy atom. The van der Waals surface area contributed by atoms with Gasteiger partial charge in [-0.2, -0.15) is 4.48 Å². The van der Waals surface area contributed by atoms with Crippen LogP contribution in [0.25, 0.3) is 0 Å². The average molecular weight is 349 g/mol. The summed E-state index contributed by atoms with van der Waals surface area (Å²) in [5, 5.41) is 11.6. The lowest BCUT2D eigenvalue weighted by Gasteiger charge is -2.51. The van der Waals surface area contributed by atoms with Crippen LogP contribution in [0, 0.1) is 0 Å². The van der Waals surface area contributed by atoms with E-state index in [2.05, 4.69) is 0 Å². The van der Waals surface area contributed by atoms with Gasteiger partial charge in [0.1, 0.15) is 18.1 Å². The highest BCUT2D eigenvalue weighted by atomic mass is 32.2. The Bertz CT molecular complexity index is 704. The molecule has 0 N–H and O–H groups in total. The van der Waals surface area contributed by atoms with Gasteiger partial charge in [-0.25, -0.2) is 4.79 Å². The Labute approximate surface area is 144 Å². The van der Waals surface area contributed by atoms with Gasteiger partial charge in [-0.15, -0.1) is 0 Å². The van der Waals surface area contributed by atoms with Crippen LogP contribution in [0.5, 0.6) is 5.75 Å². The number of amides is 1. The zero-order chi connectivity index (χ0) is 17.7. The minimum absolute atomic E-state index is 0.236. The second-order valence-electron chi connectivity index (χ2n) is 6.72. The van der Waals surface area contributed by atoms with E-state index in [1.54, 1.807) is 44.2 Å². The number of carboxylic acids is 1. The molecule has 0 bridgehead atoms. The van der Waals surface area contributed by atoms with Crippen LogP contribution in [0.4, 0.5) is 0 Å². The molecule has 3 rings (SSSR count). The summed E-state index contributed by atoms with van der Waals surface area (Å²) in [6.45, 7) is 4.86. The van der Waals surface area contributed by atoms with Crippen molar-refractivity contribution < 1.29 is 28.7 Å².